The van der Waals surface area contributed by atoms with Crippen LogP contribution in [-0.4, -0.2) is 37.2 Å². The highest BCUT2D eigenvalue weighted by molar-refractivity contribution is 5.94. The molecule has 4 N–H and O–H groups in total. The number of aliphatic imine (C=N–C) groups is 1. The number of carbonyl (C=O) groups is 2. The molecule has 1 fully saturated rings. The second kappa shape index (κ2) is 10.5. The Morgan fingerprint density at radius 2 is 2.09 bits per heavy atom. The van der Waals surface area contributed by atoms with Gasteiger partial charge in [0.1, 0.15) is 29.0 Å². The van der Waals surface area contributed by atoms with Gasteiger partial charge in [-0.15, -0.1) is 0 Å². The number of nitrogens with zero attached hydrogens (tertiary/aromatic N) is 2. The highest BCUT2D eigenvalue weighted by Gasteiger charge is 2.50. The minimum Gasteiger partial charge on any atom is -0.497 e. The smallest absolute Gasteiger partial charge is 0.420 e. The molecule has 33 heavy (non-hydrogen) atoms. The van der Waals surface area contributed by atoms with E-state index in [9.17, 15) is 22.8 Å². The third-order valence-electron chi connectivity index (χ3n) is 4.51. The van der Waals surface area contributed by atoms with E-state index in [-0.39, 0.29) is 30.2 Å². The molecule has 2 amide bonds. The first-order valence-corrected chi connectivity index (χ1v) is 9.57. The Bertz CT molecular complexity index is 1020. The molecule has 0 atom stereocenters. The first-order valence-electron chi connectivity index (χ1n) is 9.57. The van der Waals surface area contributed by atoms with Crippen LogP contribution in [0.15, 0.2) is 47.4 Å². The van der Waals surface area contributed by atoms with Crippen molar-refractivity contribution < 1.29 is 32.2 Å². The number of nitrogens with one attached hydrogen (secondary N) is 2. The molecule has 1 aliphatic rings. The number of rotatable bonds is 10. The quantitative estimate of drug-likeness (QED) is 0.358. The van der Waals surface area contributed by atoms with Crippen molar-refractivity contribution in [3.63, 3.8) is 0 Å². The van der Waals surface area contributed by atoms with Gasteiger partial charge < -0.3 is 25.8 Å². The number of carbonyl (C=O) groups excluding carboxylic acids is 2. The molecular formula is C21H22F3N5O4. The number of allylic oxidation sites excluding steroid dienone is 1. The summed E-state index contributed by atoms with van der Waals surface area (Å²) < 4.78 is 50.0. The van der Waals surface area contributed by atoms with Crippen LogP contribution in [0.25, 0.3) is 0 Å². The summed E-state index contributed by atoms with van der Waals surface area (Å²) in [7, 11) is 1.24. The number of methoxy groups -OCH3 is 1. The van der Waals surface area contributed by atoms with Crippen LogP contribution in [0.4, 0.5) is 13.2 Å². The summed E-state index contributed by atoms with van der Waals surface area (Å²) in [6, 6.07) is 4.88. The highest BCUT2D eigenvalue weighted by Crippen LogP contribution is 2.39. The lowest BCUT2D eigenvalue weighted by molar-refractivity contribution is -0.138. The highest BCUT2D eigenvalue weighted by atomic mass is 19.4. The van der Waals surface area contributed by atoms with E-state index in [4.69, 9.17) is 20.5 Å². The molecule has 1 aromatic rings. The Labute approximate surface area is 187 Å². The monoisotopic (exact) mass is 465 g/mol. The van der Waals surface area contributed by atoms with Gasteiger partial charge >= 0.3 is 6.18 Å². The van der Waals surface area contributed by atoms with Crippen molar-refractivity contribution in [2.45, 2.75) is 31.0 Å². The van der Waals surface area contributed by atoms with Crippen molar-refractivity contribution in [3.8, 4) is 17.6 Å². The second-order valence-corrected chi connectivity index (χ2v) is 7.00. The summed E-state index contributed by atoms with van der Waals surface area (Å²) in [6.45, 7) is 3.55. The number of nitriles is 1. The van der Waals surface area contributed by atoms with E-state index in [0.717, 1.165) is 24.5 Å². The Hall–Kier alpha value is -4.01. The fraction of sp³-hybridized carbons (Fsp3) is 0.333. The average Bonchev–Trinajstić information content (AvgIpc) is 3.54. The van der Waals surface area contributed by atoms with Gasteiger partial charge in [-0.1, -0.05) is 6.58 Å². The van der Waals surface area contributed by atoms with Crippen molar-refractivity contribution in [3.05, 3.63) is 48.0 Å². The zero-order valence-electron chi connectivity index (χ0n) is 17.7. The van der Waals surface area contributed by atoms with Crippen molar-refractivity contribution >= 4 is 18.0 Å². The summed E-state index contributed by atoms with van der Waals surface area (Å²) >= 11 is 0. The minimum atomic E-state index is -4.70. The molecule has 1 aromatic carbocycles. The van der Waals surface area contributed by atoms with Crippen LogP contribution in [0.2, 0.25) is 0 Å². The van der Waals surface area contributed by atoms with Gasteiger partial charge in [-0.25, -0.2) is 0 Å². The molecule has 0 radical (unpaired) electrons. The fourth-order valence-electron chi connectivity index (χ4n) is 2.65. The first-order chi connectivity index (χ1) is 15.5. The lowest BCUT2D eigenvalue weighted by Gasteiger charge is -2.16. The van der Waals surface area contributed by atoms with Gasteiger partial charge in [0.05, 0.1) is 31.6 Å². The van der Waals surface area contributed by atoms with E-state index < -0.39 is 34.8 Å². The molecule has 1 saturated carbocycles. The standard InChI is InChI=1S/C21H22F3N5O4/c1-13(11-28-19(31)20(6-7-20)29-18(30)5-8-25)27-12-15(10-26)33-17-4-3-14(32-2)9-16(17)21(22,23)24/h3-4,9-10,12H,1,5-7,11,26H2,2H3,(H,28,31)(H,29,30)/b15-10+,27-12?. The summed E-state index contributed by atoms with van der Waals surface area (Å²) in [6.07, 6.45) is -2.21. The van der Waals surface area contributed by atoms with E-state index in [1.54, 1.807) is 6.07 Å². The molecule has 176 valence electrons. The number of amides is 2. The number of hydrogen-bond acceptors (Lipinski definition) is 7. The molecule has 1 aliphatic carbocycles. The molecule has 0 saturated heterocycles. The summed E-state index contributed by atoms with van der Waals surface area (Å²) in [5, 5.41) is 13.6. The number of nitrogens with two attached hydrogens (primary N) is 1. The molecule has 0 heterocycles. The molecule has 12 heteroatoms. The summed E-state index contributed by atoms with van der Waals surface area (Å²) in [5.41, 5.74) is 3.47. The average molecular weight is 465 g/mol. The molecule has 0 spiro atoms. The molecule has 9 nitrogen and oxygen atoms in total. The Morgan fingerprint density at radius 3 is 2.64 bits per heavy atom. The van der Waals surface area contributed by atoms with E-state index in [2.05, 4.69) is 22.2 Å². The van der Waals surface area contributed by atoms with Crippen molar-refractivity contribution in [2.75, 3.05) is 13.7 Å². The van der Waals surface area contributed by atoms with Crippen LogP contribution in [0, 0.1) is 11.3 Å². The zero-order valence-corrected chi connectivity index (χ0v) is 17.7. The fourth-order valence-corrected chi connectivity index (χ4v) is 2.65. The Balaban J connectivity index is 1.97. The van der Waals surface area contributed by atoms with Gasteiger partial charge in [-0.2, -0.15) is 18.4 Å². The SMILES string of the molecule is C=C(CNC(=O)C1(NC(=O)CC#N)CC1)N=C/C(=C\N)Oc1ccc(OC)cc1C(F)(F)F. The van der Waals surface area contributed by atoms with Gasteiger partial charge in [-0.05, 0) is 31.0 Å². The van der Waals surface area contributed by atoms with Crippen molar-refractivity contribution in [1.82, 2.24) is 10.6 Å². The van der Waals surface area contributed by atoms with Crippen LogP contribution >= 0.6 is 0 Å². The van der Waals surface area contributed by atoms with Crippen LogP contribution in [-0.2, 0) is 15.8 Å². The molecule has 2 rings (SSSR count). The Morgan fingerprint density at radius 1 is 1.39 bits per heavy atom. The molecular weight excluding hydrogens is 443 g/mol. The molecule has 0 unspecified atom stereocenters. The maximum atomic E-state index is 13.3. The lowest BCUT2D eigenvalue weighted by Crippen LogP contribution is -2.49. The largest absolute Gasteiger partial charge is 0.497 e. The molecule has 0 aromatic heterocycles. The van der Waals surface area contributed by atoms with Crippen molar-refractivity contribution in [2.24, 2.45) is 10.7 Å². The van der Waals surface area contributed by atoms with Gasteiger partial charge in [0, 0.05) is 6.20 Å². The van der Waals surface area contributed by atoms with E-state index in [1.807, 2.05) is 0 Å². The van der Waals surface area contributed by atoms with Gasteiger partial charge in [-0.3, -0.25) is 14.6 Å². The van der Waals surface area contributed by atoms with E-state index >= 15 is 0 Å². The lowest BCUT2D eigenvalue weighted by atomic mass is 10.2. The van der Waals surface area contributed by atoms with Crippen molar-refractivity contribution in [1.29, 1.82) is 5.26 Å². The van der Waals surface area contributed by atoms with Gasteiger partial charge in [0.2, 0.25) is 11.8 Å². The van der Waals surface area contributed by atoms with Gasteiger partial charge in [0.15, 0.2) is 5.76 Å². The topological polar surface area (TPSA) is 139 Å². The maximum Gasteiger partial charge on any atom is 0.420 e. The van der Waals surface area contributed by atoms with E-state index in [0.29, 0.717) is 12.8 Å². The predicted octanol–water partition coefficient (Wildman–Crippen LogP) is 2.16. The second-order valence-electron chi connectivity index (χ2n) is 7.00. The molecule has 0 aliphatic heterocycles. The number of halogens is 3. The van der Waals surface area contributed by atoms with Crippen LogP contribution < -0.4 is 25.8 Å². The first kappa shape index (κ1) is 25.3. The van der Waals surface area contributed by atoms with Crippen LogP contribution in [0.1, 0.15) is 24.8 Å². The summed E-state index contributed by atoms with van der Waals surface area (Å²) in [5.74, 6) is -1.70. The minimum absolute atomic E-state index is 0.00277. The third kappa shape index (κ3) is 6.99. The van der Waals surface area contributed by atoms with Gasteiger partial charge in [0.25, 0.3) is 0 Å². The number of benzene rings is 1. The third-order valence-corrected chi connectivity index (χ3v) is 4.51. The normalized spacial score (nSPS) is 14.8. The number of alkyl halides is 3. The Kier molecular flexibility index (Phi) is 8.06. The number of hydrogen-bond donors (Lipinski definition) is 3. The predicted molar refractivity (Wildman–Crippen MR) is 112 cm³/mol. The summed E-state index contributed by atoms with van der Waals surface area (Å²) in [4.78, 5) is 27.8. The molecule has 0 bridgehead atoms. The number of ether oxygens (including phenoxy) is 2. The maximum absolute atomic E-state index is 13.3. The van der Waals surface area contributed by atoms with Crippen LogP contribution in [0.5, 0.6) is 11.5 Å². The van der Waals surface area contributed by atoms with E-state index in [1.165, 1.54) is 13.2 Å². The van der Waals surface area contributed by atoms with Crippen LogP contribution in [0.3, 0.4) is 0 Å². The zero-order chi connectivity index (χ0) is 24.6.